The van der Waals surface area contributed by atoms with E-state index in [2.05, 4.69) is 41.8 Å². The average Bonchev–Trinajstić information content (AvgIpc) is 2.72. The second kappa shape index (κ2) is 12.6. The summed E-state index contributed by atoms with van der Waals surface area (Å²) in [7, 11) is 0. The van der Waals surface area contributed by atoms with Crippen molar-refractivity contribution in [3.05, 3.63) is 65.7 Å². The molecule has 1 unspecified atom stereocenters. The summed E-state index contributed by atoms with van der Waals surface area (Å²) in [5.74, 6) is 2.24. The molecule has 0 spiro atoms. The summed E-state index contributed by atoms with van der Waals surface area (Å²) < 4.78 is 11.5. The number of guanidine groups is 1. The van der Waals surface area contributed by atoms with Gasteiger partial charge in [-0.3, -0.25) is 4.99 Å². The number of nitrogens with one attached hydrogen (secondary N) is 2. The molecule has 1 heterocycles. The Hall–Kier alpha value is -1.80. The topological polar surface area (TPSA) is 54.9 Å². The summed E-state index contributed by atoms with van der Waals surface area (Å²) in [4.78, 5) is 4.78. The van der Waals surface area contributed by atoms with Crippen molar-refractivity contribution in [1.29, 1.82) is 0 Å². The lowest BCUT2D eigenvalue weighted by Gasteiger charge is -2.25. The molecule has 0 saturated heterocycles. The van der Waals surface area contributed by atoms with Crippen LogP contribution in [0.3, 0.4) is 0 Å². The van der Waals surface area contributed by atoms with Crippen LogP contribution in [0.15, 0.2) is 59.6 Å². The average molecular weight is 495 g/mol. The lowest BCUT2D eigenvalue weighted by atomic mass is 9.93. The number of hydrogen-bond donors (Lipinski definition) is 2. The number of nitrogens with zero attached hydrogens (tertiary/aromatic N) is 1. The van der Waals surface area contributed by atoms with Gasteiger partial charge in [-0.25, -0.2) is 0 Å². The van der Waals surface area contributed by atoms with Gasteiger partial charge in [-0.1, -0.05) is 48.5 Å². The zero-order valence-electron chi connectivity index (χ0n) is 16.4. The van der Waals surface area contributed by atoms with Gasteiger partial charge in [-0.05, 0) is 30.5 Å². The molecule has 0 aromatic heterocycles. The van der Waals surface area contributed by atoms with Gasteiger partial charge in [0.05, 0.1) is 19.8 Å². The normalized spacial score (nSPS) is 15.8. The van der Waals surface area contributed by atoms with E-state index in [-0.39, 0.29) is 24.0 Å². The molecule has 0 saturated carbocycles. The third-order valence-electron chi connectivity index (χ3n) is 4.55. The van der Waals surface area contributed by atoms with E-state index in [0.29, 0.717) is 19.1 Å². The molecule has 0 fully saturated rings. The first kappa shape index (κ1) is 22.5. The van der Waals surface area contributed by atoms with Crippen molar-refractivity contribution in [3.63, 3.8) is 0 Å². The molecule has 1 aliphatic rings. The molecule has 28 heavy (non-hydrogen) atoms. The lowest BCUT2D eigenvalue weighted by Crippen LogP contribution is -2.39. The summed E-state index contributed by atoms with van der Waals surface area (Å²) in [5, 5.41) is 6.66. The predicted molar refractivity (Wildman–Crippen MR) is 125 cm³/mol. The summed E-state index contributed by atoms with van der Waals surface area (Å²) >= 11 is 0. The number of aliphatic imine (C=N–C) groups is 1. The molecule has 0 aliphatic carbocycles. The highest BCUT2D eigenvalue weighted by molar-refractivity contribution is 14.0. The van der Waals surface area contributed by atoms with E-state index in [1.807, 2.05) is 30.3 Å². The molecule has 3 rings (SSSR count). The third-order valence-corrected chi connectivity index (χ3v) is 4.55. The minimum absolute atomic E-state index is 0. The summed E-state index contributed by atoms with van der Waals surface area (Å²) in [5.41, 5.74) is 2.45. The lowest BCUT2D eigenvalue weighted by molar-refractivity contribution is 0.125. The largest absolute Gasteiger partial charge is 0.493 e. The van der Waals surface area contributed by atoms with Crippen LogP contribution < -0.4 is 15.4 Å². The number of para-hydroxylation sites is 1. The zero-order valence-corrected chi connectivity index (χ0v) is 18.7. The highest BCUT2D eigenvalue weighted by Crippen LogP contribution is 2.33. The fraction of sp³-hybridized carbons (Fsp3) is 0.409. The first-order valence-electron chi connectivity index (χ1n) is 9.72. The minimum Gasteiger partial charge on any atom is -0.493 e. The van der Waals surface area contributed by atoms with Crippen molar-refractivity contribution >= 4 is 29.9 Å². The molecule has 2 aromatic rings. The molecule has 0 amide bonds. The van der Waals surface area contributed by atoms with Gasteiger partial charge in [0.25, 0.3) is 0 Å². The van der Waals surface area contributed by atoms with Crippen molar-refractivity contribution < 1.29 is 9.47 Å². The summed E-state index contributed by atoms with van der Waals surface area (Å²) in [6.07, 6.45) is 1.00. The number of fused-ring (bicyclic) bond motifs is 1. The number of hydrogen-bond acceptors (Lipinski definition) is 3. The van der Waals surface area contributed by atoms with Crippen LogP contribution in [0.4, 0.5) is 0 Å². The van der Waals surface area contributed by atoms with Crippen LogP contribution in [-0.2, 0) is 11.3 Å². The molecule has 6 heteroatoms. The highest BCUT2D eigenvalue weighted by Gasteiger charge is 2.20. The molecule has 152 valence electrons. The van der Waals surface area contributed by atoms with E-state index in [9.17, 15) is 0 Å². The molecule has 1 aliphatic heterocycles. The van der Waals surface area contributed by atoms with E-state index in [0.717, 1.165) is 44.4 Å². The highest BCUT2D eigenvalue weighted by atomic mass is 127. The maximum Gasteiger partial charge on any atom is 0.191 e. The van der Waals surface area contributed by atoms with E-state index in [1.54, 1.807) is 0 Å². The molecular weight excluding hydrogens is 465 g/mol. The smallest absolute Gasteiger partial charge is 0.191 e. The van der Waals surface area contributed by atoms with Gasteiger partial charge < -0.3 is 20.1 Å². The Morgan fingerprint density at radius 1 is 1.11 bits per heavy atom. The van der Waals surface area contributed by atoms with Crippen molar-refractivity contribution in [2.75, 3.05) is 32.8 Å². The minimum atomic E-state index is 0. The van der Waals surface area contributed by atoms with Gasteiger partial charge in [0.2, 0.25) is 0 Å². The fourth-order valence-electron chi connectivity index (χ4n) is 3.15. The molecule has 0 radical (unpaired) electrons. The molecule has 2 aromatic carbocycles. The second-order valence-electron chi connectivity index (χ2n) is 6.56. The number of benzene rings is 2. The van der Waals surface area contributed by atoms with Gasteiger partial charge in [-0.2, -0.15) is 0 Å². The maximum atomic E-state index is 5.74. The van der Waals surface area contributed by atoms with Gasteiger partial charge in [-0.15, -0.1) is 24.0 Å². The van der Waals surface area contributed by atoms with Crippen LogP contribution in [0.2, 0.25) is 0 Å². The number of ether oxygens (including phenoxy) is 2. The Labute approximate surface area is 184 Å². The summed E-state index contributed by atoms with van der Waals surface area (Å²) in [6, 6.07) is 18.5. The molecule has 2 N–H and O–H groups in total. The number of rotatable bonds is 8. The molecule has 0 bridgehead atoms. The van der Waals surface area contributed by atoms with Gasteiger partial charge in [0.1, 0.15) is 5.75 Å². The Bertz CT molecular complexity index is 725. The molecule has 5 nitrogen and oxygen atoms in total. The maximum absolute atomic E-state index is 5.74. The van der Waals surface area contributed by atoms with Crippen LogP contribution in [-0.4, -0.2) is 38.8 Å². The predicted octanol–water partition coefficient (Wildman–Crippen LogP) is 3.94. The van der Waals surface area contributed by atoms with Crippen molar-refractivity contribution in [1.82, 2.24) is 10.6 Å². The van der Waals surface area contributed by atoms with Crippen molar-refractivity contribution in [2.24, 2.45) is 4.99 Å². The van der Waals surface area contributed by atoms with E-state index >= 15 is 0 Å². The Balaban J connectivity index is 0.00000280. The second-order valence-corrected chi connectivity index (χ2v) is 6.56. The van der Waals surface area contributed by atoms with E-state index in [1.165, 1.54) is 11.1 Å². The standard InChI is InChI=1S/C22H29N3O2.HI/c1-2-23-22(24-13-15-26-17-18-8-4-3-5-9-18)25-16-19-12-14-27-21-11-7-6-10-20(19)21;/h3-11,19H,2,12-17H2,1H3,(H2,23,24,25);1H. The van der Waals surface area contributed by atoms with Crippen molar-refractivity contribution in [2.45, 2.75) is 25.9 Å². The SMILES string of the molecule is CCNC(=NCC1CCOc2ccccc21)NCCOCc1ccccc1.I. The van der Waals surface area contributed by atoms with Gasteiger partial charge in [0, 0.05) is 25.6 Å². The summed E-state index contributed by atoms with van der Waals surface area (Å²) in [6.45, 7) is 6.42. The first-order valence-corrected chi connectivity index (χ1v) is 9.72. The van der Waals surface area contributed by atoms with Crippen LogP contribution in [0.1, 0.15) is 30.4 Å². The Morgan fingerprint density at radius 3 is 2.71 bits per heavy atom. The monoisotopic (exact) mass is 495 g/mol. The van der Waals surface area contributed by atoms with Crippen LogP contribution in [0.5, 0.6) is 5.75 Å². The van der Waals surface area contributed by atoms with E-state index < -0.39 is 0 Å². The van der Waals surface area contributed by atoms with Crippen molar-refractivity contribution in [3.8, 4) is 5.75 Å². The molecular formula is C22H30IN3O2. The van der Waals surface area contributed by atoms with Gasteiger partial charge >= 0.3 is 0 Å². The first-order chi connectivity index (χ1) is 13.4. The fourth-order valence-corrected chi connectivity index (χ4v) is 3.15. The third kappa shape index (κ3) is 6.98. The van der Waals surface area contributed by atoms with Crippen LogP contribution in [0.25, 0.3) is 0 Å². The van der Waals surface area contributed by atoms with Crippen LogP contribution in [0, 0.1) is 0 Å². The van der Waals surface area contributed by atoms with E-state index in [4.69, 9.17) is 14.5 Å². The quantitative estimate of drug-likeness (QED) is 0.252. The Kier molecular flexibility index (Phi) is 10.1. The molecule has 1 atom stereocenters. The van der Waals surface area contributed by atoms with Crippen LogP contribution >= 0.6 is 24.0 Å². The Morgan fingerprint density at radius 2 is 1.89 bits per heavy atom. The number of halogens is 1. The zero-order chi connectivity index (χ0) is 18.7. The van der Waals surface area contributed by atoms with Gasteiger partial charge in [0.15, 0.2) is 5.96 Å².